The van der Waals surface area contributed by atoms with Crippen LogP contribution >= 0.6 is 11.6 Å². The molecule has 0 bridgehead atoms. The Kier molecular flexibility index (Phi) is 4.82. The standard InChI is InChI=1S/C19H20ClN5O3/c20-16-15(14-7-11-6-10(17(21)27)2-4-13(11)28-14)18(25-19(22)24-16)23-12-3-1-9(5-12)8-26/h2,4,6-7,9,12,26H,1,3,5,8H2,(H2,21,27)(H3,22,23,24,25)/t9-,12+/m1/s1. The van der Waals surface area contributed by atoms with E-state index in [4.69, 9.17) is 27.5 Å². The Morgan fingerprint density at radius 1 is 1.32 bits per heavy atom. The zero-order valence-electron chi connectivity index (χ0n) is 15.0. The van der Waals surface area contributed by atoms with Crippen LogP contribution in [0.1, 0.15) is 29.6 Å². The number of benzene rings is 1. The van der Waals surface area contributed by atoms with Crippen molar-refractivity contribution < 1.29 is 14.3 Å². The number of halogens is 1. The maximum absolute atomic E-state index is 11.4. The molecular weight excluding hydrogens is 382 g/mol. The smallest absolute Gasteiger partial charge is 0.248 e. The topological polar surface area (TPSA) is 140 Å². The van der Waals surface area contributed by atoms with Crippen LogP contribution in [0.5, 0.6) is 0 Å². The number of amides is 1. The van der Waals surface area contributed by atoms with Crippen molar-refractivity contribution in [2.75, 3.05) is 17.7 Å². The summed E-state index contributed by atoms with van der Waals surface area (Å²) in [6.07, 6.45) is 2.69. The molecule has 2 atom stereocenters. The van der Waals surface area contributed by atoms with Gasteiger partial charge in [0.1, 0.15) is 22.3 Å². The number of nitrogens with zero attached hydrogens (tertiary/aromatic N) is 2. The van der Waals surface area contributed by atoms with Crippen molar-refractivity contribution in [3.05, 3.63) is 35.0 Å². The Morgan fingerprint density at radius 3 is 2.86 bits per heavy atom. The van der Waals surface area contributed by atoms with Crippen LogP contribution in [-0.2, 0) is 0 Å². The maximum atomic E-state index is 11.4. The zero-order valence-corrected chi connectivity index (χ0v) is 15.7. The molecule has 0 aliphatic heterocycles. The highest BCUT2D eigenvalue weighted by Crippen LogP contribution is 2.38. The molecule has 0 spiro atoms. The van der Waals surface area contributed by atoms with Crippen molar-refractivity contribution in [1.29, 1.82) is 0 Å². The van der Waals surface area contributed by atoms with Crippen LogP contribution in [0.4, 0.5) is 11.8 Å². The molecule has 1 aromatic carbocycles. The Balaban J connectivity index is 1.74. The summed E-state index contributed by atoms with van der Waals surface area (Å²) in [6, 6.07) is 6.85. The lowest BCUT2D eigenvalue weighted by atomic mass is 10.1. The number of hydrogen-bond donors (Lipinski definition) is 4. The average Bonchev–Trinajstić information content (AvgIpc) is 3.26. The first-order valence-electron chi connectivity index (χ1n) is 8.98. The van der Waals surface area contributed by atoms with E-state index in [1.54, 1.807) is 24.3 Å². The second-order valence-corrected chi connectivity index (χ2v) is 7.38. The lowest BCUT2D eigenvalue weighted by molar-refractivity contribution is 0.100. The molecule has 2 heterocycles. The van der Waals surface area contributed by atoms with Crippen LogP contribution in [0.25, 0.3) is 22.3 Å². The van der Waals surface area contributed by atoms with Crippen LogP contribution in [0.3, 0.4) is 0 Å². The van der Waals surface area contributed by atoms with Gasteiger partial charge in [-0.05, 0) is 49.4 Å². The van der Waals surface area contributed by atoms with Gasteiger partial charge in [-0.25, -0.2) is 4.98 Å². The zero-order chi connectivity index (χ0) is 19.8. The van der Waals surface area contributed by atoms with E-state index < -0.39 is 5.91 Å². The normalized spacial score (nSPS) is 19.2. The summed E-state index contributed by atoms with van der Waals surface area (Å²) in [5.74, 6) is 0.755. The molecular formula is C19H20ClN5O3. The number of nitrogen functional groups attached to an aromatic ring is 1. The molecule has 28 heavy (non-hydrogen) atoms. The SMILES string of the molecule is NC(=O)c1ccc2oc(-c3c(Cl)nc(N)nc3N[C@H]3CC[C@@H](CO)C3)cc2c1. The number of aromatic nitrogens is 2. The summed E-state index contributed by atoms with van der Waals surface area (Å²) in [6.45, 7) is 0.170. The van der Waals surface area contributed by atoms with Gasteiger partial charge >= 0.3 is 0 Å². The molecule has 3 aromatic rings. The Hall–Kier alpha value is -2.84. The van der Waals surface area contributed by atoms with Gasteiger partial charge in [-0.3, -0.25) is 4.79 Å². The number of primary amides is 1. The van der Waals surface area contributed by atoms with E-state index in [0.717, 1.165) is 19.3 Å². The van der Waals surface area contributed by atoms with Gasteiger partial charge in [0.05, 0.1) is 5.56 Å². The van der Waals surface area contributed by atoms with Crippen molar-refractivity contribution in [2.24, 2.45) is 11.7 Å². The molecule has 1 amide bonds. The highest BCUT2D eigenvalue weighted by Gasteiger charge is 2.27. The summed E-state index contributed by atoms with van der Waals surface area (Å²) in [5.41, 5.74) is 12.6. The van der Waals surface area contributed by atoms with Crippen LogP contribution < -0.4 is 16.8 Å². The fourth-order valence-electron chi connectivity index (χ4n) is 3.66. The number of nitrogens with one attached hydrogen (secondary N) is 1. The molecule has 1 aliphatic rings. The third kappa shape index (κ3) is 3.48. The molecule has 1 fully saturated rings. The van der Waals surface area contributed by atoms with Gasteiger partial charge in [0.25, 0.3) is 0 Å². The Labute approximate surface area is 165 Å². The van der Waals surface area contributed by atoms with Gasteiger partial charge in [0.2, 0.25) is 11.9 Å². The molecule has 1 saturated carbocycles. The minimum absolute atomic E-state index is 0.0556. The van der Waals surface area contributed by atoms with E-state index in [1.165, 1.54) is 0 Å². The molecule has 0 saturated heterocycles. The van der Waals surface area contributed by atoms with E-state index in [0.29, 0.717) is 33.7 Å². The van der Waals surface area contributed by atoms with Gasteiger partial charge in [0.15, 0.2) is 0 Å². The minimum atomic E-state index is -0.513. The van der Waals surface area contributed by atoms with Crippen molar-refractivity contribution in [1.82, 2.24) is 9.97 Å². The van der Waals surface area contributed by atoms with E-state index in [-0.39, 0.29) is 29.7 Å². The first-order chi connectivity index (χ1) is 13.4. The predicted molar refractivity (Wildman–Crippen MR) is 107 cm³/mol. The molecule has 4 rings (SSSR count). The van der Waals surface area contributed by atoms with E-state index >= 15 is 0 Å². The summed E-state index contributed by atoms with van der Waals surface area (Å²) in [5, 5.41) is 13.6. The molecule has 8 nitrogen and oxygen atoms in total. The summed E-state index contributed by atoms with van der Waals surface area (Å²) in [4.78, 5) is 19.8. The fraction of sp³-hybridized carbons (Fsp3) is 0.316. The number of anilines is 2. The number of rotatable bonds is 5. The molecule has 9 heteroatoms. The molecule has 0 radical (unpaired) electrons. The number of carbonyl (C=O) groups is 1. The summed E-state index contributed by atoms with van der Waals surface area (Å²) < 4.78 is 5.92. The second-order valence-electron chi connectivity index (χ2n) is 7.03. The van der Waals surface area contributed by atoms with Crippen LogP contribution in [0, 0.1) is 5.92 Å². The Morgan fingerprint density at radius 2 is 2.14 bits per heavy atom. The second kappa shape index (κ2) is 7.29. The highest BCUT2D eigenvalue weighted by atomic mass is 35.5. The van der Waals surface area contributed by atoms with Crippen LogP contribution in [-0.4, -0.2) is 33.6 Å². The van der Waals surface area contributed by atoms with Gasteiger partial charge in [0, 0.05) is 23.6 Å². The third-order valence-electron chi connectivity index (χ3n) is 5.07. The van der Waals surface area contributed by atoms with Gasteiger partial charge in [-0.15, -0.1) is 0 Å². The number of carbonyl (C=O) groups excluding carboxylic acids is 1. The van der Waals surface area contributed by atoms with Crippen molar-refractivity contribution in [3.63, 3.8) is 0 Å². The van der Waals surface area contributed by atoms with Gasteiger partial charge in [-0.2, -0.15) is 4.98 Å². The van der Waals surface area contributed by atoms with Crippen molar-refractivity contribution >= 4 is 40.2 Å². The quantitative estimate of drug-likeness (QED) is 0.481. The van der Waals surface area contributed by atoms with E-state index in [1.807, 2.05) is 0 Å². The van der Waals surface area contributed by atoms with Crippen molar-refractivity contribution in [2.45, 2.75) is 25.3 Å². The summed E-state index contributed by atoms with van der Waals surface area (Å²) in [7, 11) is 0. The third-order valence-corrected chi connectivity index (χ3v) is 5.34. The molecule has 1 aliphatic carbocycles. The largest absolute Gasteiger partial charge is 0.456 e. The first-order valence-corrected chi connectivity index (χ1v) is 9.36. The lowest BCUT2D eigenvalue weighted by Gasteiger charge is -2.16. The number of furan rings is 1. The maximum Gasteiger partial charge on any atom is 0.248 e. The predicted octanol–water partition coefficient (Wildman–Crippen LogP) is 2.80. The van der Waals surface area contributed by atoms with Crippen molar-refractivity contribution in [3.8, 4) is 11.3 Å². The van der Waals surface area contributed by atoms with E-state index in [9.17, 15) is 9.90 Å². The molecule has 6 N–H and O–H groups in total. The Bertz CT molecular complexity index is 1050. The summed E-state index contributed by atoms with van der Waals surface area (Å²) >= 11 is 6.37. The fourth-order valence-corrected chi connectivity index (χ4v) is 3.93. The minimum Gasteiger partial charge on any atom is -0.456 e. The number of fused-ring (bicyclic) bond motifs is 1. The highest BCUT2D eigenvalue weighted by molar-refractivity contribution is 6.32. The van der Waals surface area contributed by atoms with Gasteiger partial charge < -0.3 is 26.3 Å². The number of hydrogen-bond acceptors (Lipinski definition) is 7. The molecule has 146 valence electrons. The monoisotopic (exact) mass is 401 g/mol. The average molecular weight is 402 g/mol. The molecule has 2 aromatic heterocycles. The van der Waals surface area contributed by atoms with Crippen LogP contribution in [0.2, 0.25) is 5.15 Å². The number of aliphatic hydroxyl groups is 1. The first kappa shape index (κ1) is 18.5. The van der Waals surface area contributed by atoms with E-state index in [2.05, 4.69) is 15.3 Å². The number of nitrogens with two attached hydrogens (primary N) is 2. The van der Waals surface area contributed by atoms with Gasteiger partial charge in [-0.1, -0.05) is 11.6 Å². The lowest BCUT2D eigenvalue weighted by Crippen LogP contribution is -2.18. The molecule has 0 unspecified atom stereocenters. The number of aliphatic hydroxyl groups excluding tert-OH is 1. The van der Waals surface area contributed by atoms with Crippen LogP contribution in [0.15, 0.2) is 28.7 Å².